The van der Waals surface area contributed by atoms with E-state index >= 15 is 0 Å². The van der Waals surface area contributed by atoms with Crippen LogP contribution in [0.4, 0.5) is 11.4 Å². The van der Waals surface area contributed by atoms with Crippen molar-refractivity contribution in [3.63, 3.8) is 0 Å². The van der Waals surface area contributed by atoms with Crippen molar-refractivity contribution < 1.29 is 18.6 Å². The molecule has 0 aliphatic carbocycles. The molecule has 0 N–H and O–H groups in total. The third kappa shape index (κ3) is 4.43. The number of fused-ring (bicyclic) bond motifs is 1. The number of benzene rings is 3. The van der Waals surface area contributed by atoms with Crippen LogP contribution in [0.1, 0.15) is 0 Å². The Morgan fingerprint density at radius 3 is 2.33 bits per heavy atom. The fourth-order valence-corrected chi connectivity index (χ4v) is 4.04. The summed E-state index contributed by atoms with van der Waals surface area (Å²) < 4.78 is 22.5. The number of nitrogens with zero attached hydrogens (tertiary/aromatic N) is 2. The molecule has 0 spiro atoms. The number of para-hydroxylation sites is 1. The van der Waals surface area contributed by atoms with Gasteiger partial charge in [-0.1, -0.05) is 12.1 Å². The minimum atomic E-state index is 0.649. The molecule has 0 unspecified atom stereocenters. The van der Waals surface area contributed by atoms with Crippen LogP contribution >= 0.6 is 0 Å². The molecule has 4 aromatic rings. The molecule has 1 aliphatic rings. The first kappa shape index (κ1) is 21.1. The SMILES string of the molecule is COc1ccc(-c2cc(=Nc3ccc(N4CCOCC4)cc3)c3ccccc3o2)cc1OC. The van der Waals surface area contributed by atoms with E-state index in [1.807, 2.05) is 48.5 Å². The summed E-state index contributed by atoms with van der Waals surface area (Å²) in [5.41, 5.74) is 3.74. The van der Waals surface area contributed by atoms with Crippen molar-refractivity contribution in [3.8, 4) is 22.8 Å². The standard InChI is InChI=1S/C27H26N2O4/c1-30-25-12-7-19(17-27(25)31-2)26-18-23(22-5-3-4-6-24(22)33-26)28-20-8-10-21(11-9-20)29-13-15-32-16-14-29/h3-12,17-18H,13-16H2,1-2H3. The van der Waals surface area contributed by atoms with Crippen LogP contribution in [0.25, 0.3) is 22.3 Å². The first-order valence-corrected chi connectivity index (χ1v) is 11.0. The van der Waals surface area contributed by atoms with E-state index in [2.05, 4.69) is 29.2 Å². The number of ether oxygens (including phenoxy) is 3. The van der Waals surface area contributed by atoms with Gasteiger partial charge in [0.25, 0.3) is 0 Å². The fourth-order valence-electron chi connectivity index (χ4n) is 4.04. The molecule has 0 atom stereocenters. The van der Waals surface area contributed by atoms with Crippen molar-refractivity contribution in [2.75, 3.05) is 45.4 Å². The Hall–Kier alpha value is -3.77. The molecule has 1 saturated heterocycles. The summed E-state index contributed by atoms with van der Waals surface area (Å²) in [7, 11) is 3.25. The van der Waals surface area contributed by atoms with Gasteiger partial charge in [-0.15, -0.1) is 0 Å². The zero-order valence-corrected chi connectivity index (χ0v) is 18.8. The van der Waals surface area contributed by atoms with Crippen LogP contribution in [0.15, 0.2) is 82.2 Å². The van der Waals surface area contributed by atoms with Gasteiger partial charge in [0.05, 0.1) is 38.5 Å². The Balaban J connectivity index is 1.57. The lowest BCUT2D eigenvalue weighted by Crippen LogP contribution is -2.36. The molecule has 1 aromatic heterocycles. The van der Waals surface area contributed by atoms with Crippen molar-refractivity contribution >= 4 is 22.3 Å². The third-order valence-electron chi connectivity index (χ3n) is 5.79. The van der Waals surface area contributed by atoms with Gasteiger partial charge in [0.1, 0.15) is 11.3 Å². The van der Waals surface area contributed by atoms with E-state index in [4.69, 9.17) is 23.6 Å². The minimum Gasteiger partial charge on any atom is -0.493 e. The maximum Gasteiger partial charge on any atom is 0.161 e. The van der Waals surface area contributed by atoms with Crippen LogP contribution in [0, 0.1) is 0 Å². The molecule has 0 bridgehead atoms. The average Bonchev–Trinajstić information content (AvgIpc) is 2.89. The molecule has 33 heavy (non-hydrogen) atoms. The summed E-state index contributed by atoms with van der Waals surface area (Å²) in [5, 5.41) is 1.81. The van der Waals surface area contributed by atoms with Gasteiger partial charge in [-0.2, -0.15) is 0 Å². The lowest BCUT2D eigenvalue weighted by atomic mass is 10.1. The van der Waals surface area contributed by atoms with Gasteiger partial charge in [-0.05, 0) is 54.6 Å². The average molecular weight is 443 g/mol. The second-order valence-corrected chi connectivity index (χ2v) is 7.79. The molecule has 5 rings (SSSR count). The van der Waals surface area contributed by atoms with Gasteiger partial charge in [-0.3, -0.25) is 0 Å². The fraction of sp³-hybridized carbons (Fsp3) is 0.222. The Kier molecular flexibility index (Phi) is 6.00. The first-order chi connectivity index (χ1) is 16.2. The zero-order chi connectivity index (χ0) is 22.6. The number of morpholine rings is 1. The van der Waals surface area contributed by atoms with Crippen LogP contribution in [0.5, 0.6) is 11.5 Å². The molecule has 2 heterocycles. The maximum atomic E-state index is 6.22. The van der Waals surface area contributed by atoms with Crippen molar-refractivity contribution in [1.29, 1.82) is 0 Å². The van der Waals surface area contributed by atoms with Crippen LogP contribution in [0.3, 0.4) is 0 Å². The van der Waals surface area contributed by atoms with Crippen molar-refractivity contribution in [2.45, 2.75) is 0 Å². The Bertz CT molecular complexity index is 1320. The monoisotopic (exact) mass is 442 g/mol. The lowest BCUT2D eigenvalue weighted by molar-refractivity contribution is 0.122. The summed E-state index contributed by atoms with van der Waals surface area (Å²) in [4.78, 5) is 7.29. The van der Waals surface area contributed by atoms with Crippen molar-refractivity contribution in [2.24, 2.45) is 4.99 Å². The van der Waals surface area contributed by atoms with E-state index in [0.29, 0.717) is 17.3 Å². The summed E-state index contributed by atoms with van der Waals surface area (Å²) in [6, 6.07) is 24.0. The van der Waals surface area contributed by atoms with Gasteiger partial charge in [0.2, 0.25) is 0 Å². The summed E-state index contributed by atoms with van der Waals surface area (Å²) in [5.74, 6) is 2.03. The molecular formula is C27H26N2O4. The molecule has 6 heteroatoms. The molecule has 0 radical (unpaired) electrons. The van der Waals surface area contributed by atoms with E-state index in [-0.39, 0.29) is 0 Å². The van der Waals surface area contributed by atoms with E-state index in [1.54, 1.807) is 14.2 Å². The van der Waals surface area contributed by atoms with E-state index < -0.39 is 0 Å². The highest BCUT2D eigenvalue weighted by Crippen LogP contribution is 2.33. The second-order valence-electron chi connectivity index (χ2n) is 7.79. The van der Waals surface area contributed by atoms with Gasteiger partial charge in [0.15, 0.2) is 11.5 Å². The number of hydrogen-bond acceptors (Lipinski definition) is 6. The molecule has 0 saturated carbocycles. The Morgan fingerprint density at radius 2 is 1.58 bits per heavy atom. The second kappa shape index (κ2) is 9.38. The van der Waals surface area contributed by atoms with Gasteiger partial charge < -0.3 is 23.5 Å². The smallest absolute Gasteiger partial charge is 0.161 e. The van der Waals surface area contributed by atoms with Crippen LogP contribution in [-0.4, -0.2) is 40.5 Å². The predicted octanol–water partition coefficient (Wildman–Crippen LogP) is 5.19. The quantitative estimate of drug-likeness (QED) is 0.426. The molecule has 168 valence electrons. The highest BCUT2D eigenvalue weighted by Gasteiger charge is 2.12. The zero-order valence-electron chi connectivity index (χ0n) is 18.8. The Labute approximate surface area is 192 Å². The topological polar surface area (TPSA) is 56.4 Å². The summed E-state index contributed by atoms with van der Waals surface area (Å²) in [6.45, 7) is 3.36. The van der Waals surface area contributed by atoms with Crippen molar-refractivity contribution in [1.82, 2.24) is 0 Å². The molecule has 1 aliphatic heterocycles. The lowest BCUT2D eigenvalue weighted by Gasteiger charge is -2.28. The number of rotatable bonds is 5. The van der Waals surface area contributed by atoms with Gasteiger partial charge in [0, 0.05) is 35.8 Å². The van der Waals surface area contributed by atoms with Crippen molar-refractivity contribution in [3.05, 3.63) is 78.2 Å². The first-order valence-electron chi connectivity index (χ1n) is 11.0. The van der Waals surface area contributed by atoms with Crippen LogP contribution in [0.2, 0.25) is 0 Å². The minimum absolute atomic E-state index is 0.649. The highest BCUT2D eigenvalue weighted by atomic mass is 16.5. The highest BCUT2D eigenvalue weighted by molar-refractivity contribution is 5.79. The predicted molar refractivity (Wildman–Crippen MR) is 129 cm³/mol. The molecule has 6 nitrogen and oxygen atoms in total. The van der Waals surface area contributed by atoms with E-state index in [1.165, 1.54) is 5.69 Å². The number of anilines is 1. The molecule has 0 amide bonds. The number of hydrogen-bond donors (Lipinski definition) is 0. The van der Waals surface area contributed by atoms with Gasteiger partial charge in [-0.25, -0.2) is 4.99 Å². The van der Waals surface area contributed by atoms with E-state index in [0.717, 1.165) is 53.9 Å². The van der Waals surface area contributed by atoms with Gasteiger partial charge >= 0.3 is 0 Å². The largest absolute Gasteiger partial charge is 0.493 e. The van der Waals surface area contributed by atoms with E-state index in [9.17, 15) is 0 Å². The number of methoxy groups -OCH3 is 2. The Morgan fingerprint density at radius 1 is 0.818 bits per heavy atom. The molecule has 1 fully saturated rings. The third-order valence-corrected chi connectivity index (χ3v) is 5.79. The summed E-state index contributed by atoms with van der Waals surface area (Å²) in [6.07, 6.45) is 0. The normalized spacial score (nSPS) is 14.5. The van der Waals surface area contributed by atoms with Crippen LogP contribution < -0.4 is 19.7 Å². The molecular weight excluding hydrogens is 416 g/mol. The maximum absolute atomic E-state index is 6.22. The summed E-state index contributed by atoms with van der Waals surface area (Å²) >= 11 is 0. The van der Waals surface area contributed by atoms with Crippen LogP contribution in [-0.2, 0) is 4.74 Å². The molecule has 3 aromatic carbocycles.